The number of anilines is 2. The monoisotopic (exact) mass is 889 g/mol. The molecule has 324 valence electrons. The highest BCUT2D eigenvalue weighted by Crippen LogP contribution is 3.02. The summed E-state index contributed by atoms with van der Waals surface area (Å²) < 4.78 is 81.5. The molecule has 0 atom stereocenters. The average molecular weight is 890 g/mol. The van der Waals surface area contributed by atoms with Crippen molar-refractivity contribution in [2.24, 2.45) is 5.41 Å². The first-order valence-electron chi connectivity index (χ1n) is 19.5. The van der Waals surface area contributed by atoms with Crippen molar-refractivity contribution in [3.63, 3.8) is 0 Å². The molecule has 1 spiro atoms. The van der Waals surface area contributed by atoms with Gasteiger partial charge in [-0.1, -0.05) is 74.4 Å². The minimum absolute atomic E-state index is 0.0437. The lowest BCUT2D eigenvalue weighted by molar-refractivity contribution is -0.116. The normalized spacial score (nSPS) is 17.7. The van der Waals surface area contributed by atoms with Gasteiger partial charge in [-0.25, -0.2) is 9.97 Å². The van der Waals surface area contributed by atoms with Crippen molar-refractivity contribution in [3.05, 3.63) is 105 Å². The van der Waals surface area contributed by atoms with Gasteiger partial charge in [-0.15, -0.1) is 5.10 Å². The number of hydrogen-bond donors (Lipinski definition) is 1. The summed E-state index contributed by atoms with van der Waals surface area (Å²) in [6.07, 6.45) is 5.78. The highest BCUT2D eigenvalue weighted by atomic mass is 35.5. The van der Waals surface area contributed by atoms with E-state index in [-0.39, 0.29) is 91.3 Å². The van der Waals surface area contributed by atoms with Gasteiger partial charge < -0.3 is 29.2 Å². The van der Waals surface area contributed by atoms with Crippen LogP contribution < -0.4 is 20.5 Å². The number of allylic oxidation sites excluding steroid dienone is 2. The molecule has 2 amide bonds. The Hall–Kier alpha value is -5.60. The van der Waals surface area contributed by atoms with Crippen LogP contribution in [0.1, 0.15) is 59.5 Å². The fourth-order valence-corrected chi connectivity index (χ4v) is 8.79. The Labute approximate surface area is 351 Å². The van der Waals surface area contributed by atoms with E-state index in [9.17, 15) is 33.8 Å². The lowest BCUT2D eigenvalue weighted by atomic mass is 9.73. The number of carbonyl (C=O) groups excluding carboxylic acids is 2. The zero-order valence-corrected chi connectivity index (χ0v) is 34.6. The number of amides is 2. The first-order valence-corrected chi connectivity index (χ1v) is 21.8. The molecular weight excluding hydrogens is 849 g/mol. The standard InChI is InChI=1S/C40H41ClF5N9O5S/c1-3-31-34(52-15-17-53(18-16-52)37(57)33-35(25(2)47-24-48-33)60-21-26-7-5-4-6-8-26)38(58)55-39(50-36(51-55)27-11-13-40(14-12-27)22-59-23-40)54(31)20-32(56)49-30-10-9-28(19-29(30)41)61(42,43,44,45)46/h4-11,19,24H,3,12-18,20-23H2,1-2H3,(H,49,56). The fourth-order valence-electron chi connectivity index (χ4n) is 7.84. The number of ether oxygens (including phenoxy) is 2. The van der Waals surface area contributed by atoms with Crippen molar-refractivity contribution < 1.29 is 38.5 Å². The third-order valence-corrected chi connectivity index (χ3v) is 12.7. The van der Waals surface area contributed by atoms with E-state index in [1.807, 2.05) is 41.3 Å². The van der Waals surface area contributed by atoms with E-state index in [0.29, 0.717) is 42.9 Å². The molecule has 0 radical (unpaired) electrons. The van der Waals surface area contributed by atoms with Crippen LogP contribution in [0.2, 0.25) is 5.02 Å². The number of piperazine rings is 1. The zero-order chi connectivity index (χ0) is 43.4. The number of aromatic nitrogens is 6. The molecule has 2 aliphatic heterocycles. The molecule has 2 aromatic carbocycles. The van der Waals surface area contributed by atoms with E-state index in [4.69, 9.17) is 26.1 Å². The number of nitrogens with one attached hydrogen (secondary N) is 1. The van der Waals surface area contributed by atoms with Crippen LogP contribution in [0, 0.1) is 12.3 Å². The maximum absolute atomic E-state index is 14.5. The van der Waals surface area contributed by atoms with E-state index in [1.54, 1.807) is 18.7 Å². The quantitative estimate of drug-likeness (QED) is 0.131. The summed E-state index contributed by atoms with van der Waals surface area (Å²) in [6.45, 7) is 5.32. The second-order valence-electron chi connectivity index (χ2n) is 15.5. The summed E-state index contributed by atoms with van der Waals surface area (Å²) in [5.74, 6) is -0.555. The Kier molecular flexibility index (Phi) is 10.4. The maximum atomic E-state index is 14.5. The molecule has 3 aromatic heterocycles. The average Bonchev–Trinajstić information content (AvgIpc) is 3.67. The number of aryl methyl sites for hydroxylation is 1. The minimum atomic E-state index is -10.0. The Morgan fingerprint density at radius 3 is 2.38 bits per heavy atom. The van der Waals surface area contributed by atoms with Crippen molar-refractivity contribution in [1.82, 2.24) is 34.0 Å². The van der Waals surface area contributed by atoms with E-state index in [0.717, 1.165) is 28.5 Å². The Bertz CT molecular complexity index is 2650. The number of fused-ring (bicyclic) bond motifs is 1. The van der Waals surface area contributed by atoms with Crippen LogP contribution in [0.5, 0.6) is 5.75 Å². The van der Waals surface area contributed by atoms with Crippen molar-refractivity contribution >= 4 is 56.4 Å². The molecule has 61 heavy (non-hydrogen) atoms. The second kappa shape index (κ2) is 15.1. The van der Waals surface area contributed by atoms with Crippen LogP contribution in [-0.4, -0.2) is 85.2 Å². The first-order chi connectivity index (χ1) is 28.8. The van der Waals surface area contributed by atoms with E-state index >= 15 is 0 Å². The molecule has 1 N–H and O–H groups in total. The number of benzene rings is 2. The largest absolute Gasteiger partial charge is 0.485 e. The molecule has 5 aromatic rings. The van der Waals surface area contributed by atoms with Crippen LogP contribution in [0.4, 0.5) is 30.8 Å². The number of rotatable bonds is 11. The molecule has 2 fully saturated rings. The van der Waals surface area contributed by atoms with Gasteiger partial charge in [0.25, 0.3) is 11.5 Å². The molecule has 14 nitrogen and oxygen atoms in total. The molecule has 0 saturated carbocycles. The van der Waals surface area contributed by atoms with Crippen molar-refractivity contribution in [2.75, 3.05) is 49.6 Å². The lowest BCUT2D eigenvalue weighted by Crippen LogP contribution is -2.51. The zero-order valence-electron chi connectivity index (χ0n) is 33.1. The van der Waals surface area contributed by atoms with Gasteiger partial charge in [0.15, 0.2) is 17.3 Å². The van der Waals surface area contributed by atoms with Gasteiger partial charge in [0.1, 0.15) is 30.1 Å². The second-order valence-corrected chi connectivity index (χ2v) is 18.3. The Morgan fingerprint density at radius 1 is 1.02 bits per heavy atom. The summed E-state index contributed by atoms with van der Waals surface area (Å²) in [5, 5.41) is 6.31. The Balaban J connectivity index is 1.09. The van der Waals surface area contributed by atoms with Crippen LogP contribution in [-0.2, 0) is 29.1 Å². The number of nitrogens with zero attached hydrogens (tertiary/aromatic N) is 8. The fraction of sp³-hybridized carbons (Fsp3) is 0.375. The summed E-state index contributed by atoms with van der Waals surface area (Å²) in [7, 11) is -10.0. The third kappa shape index (κ3) is 8.52. The van der Waals surface area contributed by atoms with Crippen molar-refractivity contribution in [3.8, 4) is 5.75 Å². The SMILES string of the molecule is CCc1c(N2CCN(C(=O)c3ncnc(C)c3OCc3ccccc3)CC2)c(=O)n2nc(C3=CCC4(CC3)COC4)nc2n1CC(=O)Nc1ccc(S(F)(F)(F)(F)F)cc1Cl. The number of halogens is 6. The molecular formula is C40H41ClF5N9O5S. The molecule has 1 aliphatic carbocycles. The number of carbonyl (C=O) groups is 2. The molecule has 0 bridgehead atoms. The lowest BCUT2D eigenvalue weighted by Gasteiger charge is -2.43. The molecule has 8 rings (SSSR count). The maximum Gasteiger partial charge on any atom is 0.310 e. The number of hydrogen-bond acceptors (Lipinski definition) is 10. The van der Waals surface area contributed by atoms with E-state index in [1.165, 1.54) is 10.9 Å². The van der Waals surface area contributed by atoms with Gasteiger partial charge in [0, 0.05) is 31.6 Å². The van der Waals surface area contributed by atoms with Gasteiger partial charge in [0.2, 0.25) is 11.7 Å². The van der Waals surface area contributed by atoms with Crippen LogP contribution >= 0.6 is 21.8 Å². The topological polar surface area (TPSA) is 149 Å². The van der Waals surface area contributed by atoms with E-state index < -0.39 is 38.2 Å². The smallest absolute Gasteiger partial charge is 0.310 e. The summed E-state index contributed by atoms with van der Waals surface area (Å²) in [6, 6.07) is 10.3. The third-order valence-electron chi connectivity index (χ3n) is 11.2. The van der Waals surface area contributed by atoms with Gasteiger partial charge in [-0.05, 0) is 61.9 Å². The highest BCUT2D eigenvalue weighted by Gasteiger charge is 2.65. The van der Waals surface area contributed by atoms with Crippen LogP contribution in [0.25, 0.3) is 11.4 Å². The Morgan fingerprint density at radius 2 is 1.75 bits per heavy atom. The molecule has 21 heteroatoms. The van der Waals surface area contributed by atoms with Crippen LogP contribution in [0.15, 0.2) is 70.6 Å². The van der Waals surface area contributed by atoms with Gasteiger partial charge >= 0.3 is 10.2 Å². The summed E-state index contributed by atoms with van der Waals surface area (Å²) >= 11 is 6.00. The summed E-state index contributed by atoms with van der Waals surface area (Å²) in [5.41, 5.74) is 2.18. The predicted molar refractivity (Wildman–Crippen MR) is 219 cm³/mol. The predicted octanol–water partition coefficient (Wildman–Crippen LogP) is 7.63. The molecule has 2 saturated heterocycles. The van der Waals surface area contributed by atoms with Gasteiger partial charge in [-0.3, -0.25) is 14.4 Å². The first kappa shape index (κ1) is 42.1. The van der Waals surface area contributed by atoms with E-state index in [2.05, 4.69) is 20.4 Å². The van der Waals surface area contributed by atoms with Crippen molar-refractivity contribution in [2.45, 2.75) is 57.6 Å². The van der Waals surface area contributed by atoms with Gasteiger partial charge in [0.05, 0.1) is 35.3 Å². The summed E-state index contributed by atoms with van der Waals surface area (Å²) in [4.78, 5) is 56.6. The molecule has 5 heterocycles. The molecule has 0 unspecified atom stereocenters. The highest BCUT2D eigenvalue weighted by molar-refractivity contribution is 8.45. The van der Waals surface area contributed by atoms with Crippen molar-refractivity contribution in [1.29, 1.82) is 0 Å². The molecule has 3 aliphatic rings. The minimum Gasteiger partial charge on any atom is -0.485 e. The van der Waals surface area contributed by atoms with Gasteiger partial charge in [-0.2, -0.15) is 9.50 Å². The van der Waals surface area contributed by atoms with Crippen LogP contribution in [0.3, 0.4) is 0 Å².